The lowest BCUT2D eigenvalue weighted by Crippen LogP contribution is -2.27. The quantitative estimate of drug-likeness (QED) is 0.841. The van der Waals surface area contributed by atoms with Crippen LogP contribution in [0.1, 0.15) is 6.92 Å². The van der Waals surface area contributed by atoms with Gasteiger partial charge in [-0.25, -0.2) is 0 Å². The van der Waals surface area contributed by atoms with Gasteiger partial charge in [-0.3, -0.25) is 0 Å². The highest BCUT2D eigenvalue weighted by Gasteiger charge is 2.07. The molecule has 0 saturated carbocycles. The van der Waals surface area contributed by atoms with Crippen molar-refractivity contribution < 1.29 is 0 Å². The smallest absolute Gasteiger partial charge is 0.0950 e. The van der Waals surface area contributed by atoms with E-state index in [-0.39, 0.29) is 0 Å². The molecule has 1 unspecified atom stereocenters. The van der Waals surface area contributed by atoms with Gasteiger partial charge in [-0.2, -0.15) is 0 Å². The Hall–Kier alpha value is -0.250. The van der Waals surface area contributed by atoms with Gasteiger partial charge in [-0.15, -0.1) is 11.3 Å². The summed E-state index contributed by atoms with van der Waals surface area (Å²) in [6.07, 6.45) is 0. The average Bonchev–Trinajstić information content (AvgIpc) is 2.51. The minimum absolute atomic E-state index is 0.519. The van der Waals surface area contributed by atoms with Gasteiger partial charge in [-0.1, -0.05) is 18.5 Å². The molecule has 0 aliphatic carbocycles. The van der Waals surface area contributed by atoms with Crippen LogP contribution in [-0.2, 0) is 0 Å². The van der Waals surface area contributed by atoms with Gasteiger partial charge in [-0.05, 0) is 24.6 Å². The van der Waals surface area contributed by atoms with Gasteiger partial charge in [0.15, 0.2) is 0 Å². The van der Waals surface area contributed by atoms with E-state index in [2.05, 4.69) is 18.9 Å². The molecule has 1 aromatic heterocycles. The molecule has 0 aromatic carbocycles. The lowest BCUT2D eigenvalue weighted by molar-refractivity contribution is 0.592. The predicted molar refractivity (Wildman–Crippen MR) is 60.8 cm³/mol. The summed E-state index contributed by atoms with van der Waals surface area (Å²) in [7, 11) is 2.06. The molecule has 0 fully saturated rings. The van der Waals surface area contributed by atoms with Crippen LogP contribution < -0.4 is 10.6 Å². The van der Waals surface area contributed by atoms with Crippen LogP contribution in [0.5, 0.6) is 0 Å². The topological polar surface area (TPSA) is 29.3 Å². The summed E-state index contributed by atoms with van der Waals surface area (Å²) in [5.74, 6) is 0.519. The van der Waals surface area contributed by atoms with Crippen molar-refractivity contribution in [1.82, 2.24) is 0 Å². The Morgan fingerprint density at radius 2 is 2.31 bits per heavy atom. The Labute approximate surface area is 88.3 Å². The number of hydrogen-bond donors (Lipinski definition) is 1. The first-order valence-corrected chi connectivity index (χ1v) is 5.49. The van der Waals surface area contributed by atoms with E-state index in [1.54, 1.807) is 11.3 Å². The Morgan fingerprint density at radius 3 is 2.77 bits per heavy atom. The van der Waals surface area contributed by atoms with Crippen molar-refractivity contribution in [2.45, 2.75) is 6.92 Å². The first-order valence-electron chi connectivity index (χ1n) is 4.30. The van der Waals surface area contributed by atoms with Gasteiger partial charge in [0.2, 0.25) is 0 Å². The van der Waals surface area contributed by atoms with E-state index in [1.807, 2.05) is 12.1 Å². The first kappa shape index (κ1) is 10.8. The van der Waals surface area contributed by atoms with Gasteiger partial charge in [0, 0.05) is 13.6 Å². The van der Waals surface area contributed by atoms with E-state index in [0.717, 1.165) is 17.4 Å². The second-order valence-corrected chi connectivity index (χ2v) is 4.99. The number of nitrogens with two attached hydrogens (primary N) is 1. The minimum Gasteiger partial charge on any atom is -0.366 e. The maximum Gasteiger partial charge on any atom is 0.0950 e. The van der Waals surface area contributed by atoms with Gasteiger partial charge >= 0.3 is 0 Å². The van der Waals surface area contributed by atoms with Crippen LogP contribution in [0.2, 0.25) is 4.34 Å². The molecule has 1 atom stereocenters. The van der Waals surface area contributed by atoms with Crippen molar-refractivity contribution in [3.63, 3.8) is 0 Å². The van der Waals surface area contributed by atoms with E-state index in [9.17, 15) is 0 Å². The van der Waals surface area contributed by atoms with Crippen molar-refractivity contribution in [3.05, 3.63) is 16.5 Å². The highest BCUT2D eigenvalue weighted by atomic mass is 35.5. The second-order valence-electron chi connectivity index (χ2n) is 3.30. The summed E-state index contributed by atoms with van der Waals surface area (Å²) >= 11 is 7.44. The number of nitrogens with zero attached hydrogens (tertiary/aromatic N) is 1. The molecule has 13 heavy (non-hydrogen) atoms. The largest absolute Gasteiger partial charge is 0.366 e. The molecule has 0 saturated heterocycles. The lowest BCUT2D eigenvalue weighted by atomic mass is 10.2. The summed E-state index contributed by atoms with van der Waals surface area (Å²) in [5, 5.41) is 1.20. The fourth-order valence-corrected chi connectivity index (χ4v) is 2.14. The molecule has 1 heterocycles. The molecule has 4 heteroatoms. The molecule has 0 radical (unpaired) electrons. The number of halogens is 1. The SMILES string of the molecule is CC(CN)CN(C)c1ccc(Cl)s1. The molecular weight excluding hydrogens is 204 g/mol. The third kappa shape index (κ3) is 3.18. The van der Waals surface area contributed by atoms with Crippen molar-refractivity contribution in [2.24, 2.45) is 11.7 Å². The molecule has 1 rings (SSSR count). The maximum absolute atomic E-state index is 5.84. The van der Waals surface area contributed by atoms with E-state index < -0.39 is 0 Å². The van der Waals surface area contributed by atoms with Crippen molar-refractivity contribution in [2.75, 3.05) is 25.0 Å². The zero-order chi connectivity index (χ0) is 9.84. The number of hydrogen-bond acceptors (Lipinski definition) is 3. The van der Waals surface area contributed by atoms with Crippen LogP contribution in [-0.4, -0.2) is 20.1 Å². The van der Waals surface area contributed by atoms with Crippen LogP contribution in [0.25, 0.3) is 0 Å². The van der Waals surface area contributed by atoms with E-state index in [0.29, 0.717) is 5.92 Å². The fraction of sp³-hybridized carbons (Fsp3) is 0.556. The monoisotopic (exact) mass is 218 g/mol. The third-order valence-electron chi connectivity index (χ3n) is 1.92. The van der Waals surface area contributed by atoms with Gasteiger partial charge in [0.1, 0.15) is 0 Å². The summed E-state index contributed by atoms with van der Waals surface area (Å²) in [4.78, 5) is 2.19. The molecule has 0 aliphatic heterocycles. The summed E-state index contributed by atoms with van der Waals surface area (Å²) in [6.45, 7) is 3.85. The molecule has 74 valence electrons. The normalized spacial score (nSPS) is 12.9. The third-order valence-corrected chi connectivity index (χ3v) is 3.27. The maximum atomic E-state index is 5.84. The number of rotatable bonds is 4. The molecule has 1 aromatic rings. The van der Waals surface area contributed by atoms with Gasteiger partial charge in [0.25, 0.3) is 0 Å². The van der Waals surface area contributed by atoms with E-state index in [1.165, 1.54) is 5.00 Å². The van der Waals surface area contributed by atoms with Crippen molar-refractivity contribution in [3.8, 4) is 0 Å². The summed E-state index contributed by atoms with van der Waals surface area (Å²) in [5.41, 5.74) is 5.55. The van der Waals surface area contributed by atoms with Crippen molar-refractivity contribution >= 4 is 27.9 Å². The van der Waals surface area contributed by atoms with Gasteiger partial charge in [0.05, 0.1) is 9.34 Å². The van der Waals surface area contributed by atoms with Crippen LogP contribution in [0.15, 0.2) is 12.1 Å². The van der Waals surface area contributed by atoms with Crippen LogP contribution in [0.3, 0.4) is 0 Å². The lowest BCUT2D eigenvalue weighted by Gasteiger charge is -2.20. The number of thiophene rings is 1. The Balaban J connectivity index is 2.53. The summed E-state index contributed by atoms with van der Waals surface area (Å²) in [6, 6.07) is 3.96. The fourth-order valence-electron chi connectivity index (χ4n) is 1.14. The summed E-state index contributed by atoms with van der Waals surface area (Å²) < 4.78 is 0.835. The van der Waals surface area contributed by atoms with Crippen LogP contribution >= 0.6 is 22.9 Å². The Bertz CT molecular complexity index is 262. The molecule has 0 aliphatic rings. The molecule has 2 N–H and O–H groups in total. The zero-order valence-electron chi connectivity index (χ0n) is 7.96. The zero-order valence-corrected chi connectivity index (χ0v) is 9.53. The Morgan fingerprint density at radius 1 is 1.62 bits per heavy atom. The van der Waals surface area contributed by atoms with E-state index >= 15 is 0 Å². The molecule has 0 amide bonds. The minimum atomic E-state index is 0.519. The highest BCUT2D eigenvalue weighted by molar-refractivity contribution is 7.19. The molecular formula is C9H15ClN2S. The average molecular weight is 219 g/mol. The second kappa shape index (κ2) is 4.84. The Kier molecular flexibility index (Phi) is 4.03. The van der Waals surface area contributed by atoms with Crippen molar-refractivity contribution in [1.29, 1.82) is 0 Å². The molecule has 0 spiro atoms. The molecule has 0 bridgehead atoms. The predicted octanol–water partition coefficient (Wildman–Crippen LogP) is 2.43. The highest BCUT2D eigenvalue weighted by Crippen LogP contribution is 2.28. The molecule has 2 nitrogen and oxygen atoms in total. The van der Waals surface area contributed by atoms with Gasteiger partial charge < -0.3 is 10.6 Å². The van der Waals surface area contributed by atoms with E-state index in [4.69, 9.17) is 17.3 Å². The van der Waals surface area contributed by atoms with Crippen LogP contribution in [0.4, 0.5) is 5.00 Å². The number of anilines is 1. The first-order chi connectivity index (χ1) is 6.13. The van der Waals surface area contributed by atoms with Crippen LogP contribution in [0, 0.1) is 5.92 Å². The standard InChI is InChI=1S/C9H15ClN2S/c1-7(5-11)6-12(2)9-4-3-8(10)13-9/h3-4,7H,5-6,11H2,1-2H3.